The summed E-state index contributed by atoms with van der Waals surface area (Å²) in [5.74, 6) is -0.104. The van der Waals surface area contributed by atoms with Crippen molar-refractivity contribution in [2.75, 3.05) is 0 Å². The number of ether oxygens (including phenoxy) is 1. The highest BCUT2D eigenvalue weighted by Gasteiger charge is 2.33. The third-order valence-corrected chi connectivity index (χ3v) is 4.81. The smallest absolute Gasteiger partial charge is 0.416 e. The van der Waals surface area contributed by atoms with E-state index in [1.165, 1.54) is 6.21 Å². The number of carbonyl (C=O) groups is 1. The molecule has 0 aliphatic rings. The molecule has 34 heavy (non-hydrogen) atoms. The number of amides is 1. The zero-order chi connectivity index (χ0) is 24.7. The molecule has 0 saturated heterocycles. The predicted molar refractivity (Wildman–Crippen MR) is 120 cm³/mol. The van der Waals surface area contributed by atoms with Crippen LogP contribution >= 0.6 is 11.6 Å². The molecule has 3 aromatic rings. The lowest BCUT2D eigenvalue weighted by Gasteiger charge is -2.08. The lowest BCUT2D eigenvalue weighted by molar-refractivity contribution is -0.385. The molecular weight excluding hydrogens is 475 g/mol. The Labute approximate surface area is 197 Å². The monoisotopic (exact) mass is 491 g/mol. The van der Waals surface area contributed by atoms with Gasteiger partial charge in [-0.25, -0.2) is 5.43 Å². The van der Waals surface area contributed by atoms with Gasteiger partial charge in [0.15, 0.2) is 0 Å². The first-order valence-electron chi connectivity index (χ1n) is 9.75. The average Bonchev–Trinajstić information content (AvgIpc) is 2.79. The number of carbonyl (C=O) groups excluding carboxylic acids is 1. The predicted octanol–water partition coefficient (Wildman–Crippen LogP) is 5.54. The second-order valence-electron chi connectivity index (χ2n) is 7.05. The maximum atomic E-state index is 12.8. The Kier molecular flexibility index (Phi) is 7.85. The lowest BCUT2D eigenvalue weighted by Crippen LogP contribution is -2.20. The molecule has 0 saturated carbocycles. The minimum Gasteiger partial charge on any atom is -0.489 e. The van der Waals surface area contributed by atoms with E-state index in [0.29, 0.717) is 35.1 Å². The first-order valence-corrected chi connectivity index (χ1v) is 10.1. The van der Waals surface area contributed by atoms with Crippen LogP contribution in [0.4, 0.5) is 18.9 Å². The Morgan fingerprint density at radius 1 is 1.09 bits per heavy atom. The Balaban J connectivity index is 1.54. The number of hydrogen-bond acceptors (Lipinski definition) is 5. The van der Waals surface area contributed by atoms with Gasteiger partial charge in [0.1, 0.15) is 12.4 Å². The second kappa shape index (κ2) is 10.8. The standard InChI is InChI=1S/C23H17ClF3N3O4/c24-19-7-1-16(2-8-19)14-34-20-9-3-15(4-10-20)13-28-29-22(31)11-17-5-6-18(23(25,26)27)12-21(17)30(32)33/h1-10,12-13H,11,14H2,(H,29,31). The summed E-state index contributed by atoms with van der Waals surface area (Å²) in [7, 11) is 0. The molecular formula is C23H17ClF3N3O4. The third-order valence-electron chi connectivity index (χ3n) is 4.56. The number of rotatable bonds is 8. The molecule has 7 nitrogen and oxygen atoms in total. The third kappa shape index (κ3) is 7.04. The normalized spacial score (nSPS) is 11.4. The van der Waals surface area contributed by atoms with Crippen molar-refractivity contribution in [3.8, 4) is 5.75 Å². The summed E-state index contributed by atoms with van der Waals surface area (Å²) < 4.78 is 44.0. The van der Waals surface area contributed by atoms with Gasteiger partial charge < -0.3 is 4.74 Å². The molecule has 0 aromatic heterocycles. The zero-order valence-electron chi connectivity index (χ0n) is 17.4. The van der Waals surface area contributed by atoms with Gasteiger partial charge in [-0.2, -0.15) is 18.3 Å². The maximum absolute atomic E-state index is 12.8. The molecule has 0 aliphatic heterocycles. The van der Waals surface area contributed by atoms with Crippen LogP contribution in [-0.4, -0.2) is 17.0 Å². The van der Waals surface area contributed by atoms with Crippen molar-refractivity contribution in [1.82, 2.24) is 5.43 Å². The molecule has 0 heterocycles. The average molecular weight is 492 g/mol. The summed E-state index contributed by atoms with van der Waals surface area (Å²) in [4.78, 5) is 22.2. The van der Waals surface area contributed by atoms with E-state index >= 15 is 0 Å². The number of nitrogens with zero attached hydrogens (tertiary/aromatic N) is 2. The highest BCUT2D eigenvalue weighted by molar-refractivity contribution is 6.30. The molecule has 11 heteroatoms. The molecule has 0 bridgehead atoms. The van der Waals surface area contributed by atoms with Crippen LogP contribution < -0.4 is 10.2 Å². The van der Waals surface area contributed by atoms with E-state index in [-0.39, 0.29) is 5.56 Å². The van der Waals surface area contributed by atoms with Gasteiger partial charge in [0.2, 0.25) is 5.91 Å². The molecule has 3 aromatic carbocycles. The number of nitro groups is 1. The maximum Gasteiger partial charge on any atom is 0.416 e. The van der Waals surface area contributed by atoms with Crippen LogP contribution in [0, 0.1) is 10.1 Å². The van der Waals surface area contributed by atoms with Crippen LogP contribution in [-0.2, 0) is 24.0 Å². The fourth-order valence-electron chi connectivity index (χ4n) is 2.85. The van der Waals surface area contributed by atoms with Crippen molar-refractivity contribution in [2.45, 2.75) is 19.2 Å². The van der Waals surface area contributed by atoms with E-state index in [0.717, 1.165) is 11.6 Å². The summed E-state index contributed by atoms with van der Waals surface area (Å²) in [5, 5.41) is 15.5. The Morgan fingerprint density at radius 3 is 2.38 bits per heavy atom. The summed E-state index contributed by atoms with van der Waals surface area (Å²) in [6.45, 7) is 0.358. The number of benzene rings is 3. The molecule has 0 fully saturated rings. The Hall–Kier alpha value is -3.92. The fourth-order valence-corrected chi connectivity index (χ4v) is 2.97. The van der Waals surface area contributed by atoms with Crippen LogP contribution in [0.1, 0.15) is 22.3 Å². The first-order chi connectivity index (χ1) is 16.1. The molecule has 1 N–H and O–H groups in total. The zero-order valence-corrected chi connectivity index (χ0v) is 18.1. The summed E-state index contributed by atoms with van der Waals surface area (Å²) in [6, 6.07) is 16.1. The molecule has 0 radical (unpaired) electrons. The summed E-state index contributed by atoms with van der Waals surface area (Å²) >= 11 is 5.84. The topological polar surface area (TPSA) is 93.8 Å². The number of halogens is 4. The number of nitrogens with one attached hydrogen (secondary N) is 1. The minimum absolute atomic E-state index is 0.159. The molecule has 0 unspecified atom stereocenters. The fraction of sp³-hybridized carbons (Fsp3) is 0.130. The summed E-state index contributed by atoms with van der Waals surface area (Å²) in [6.07, 6.45) is -3.89. The van der Waals surface area contributed by atoms with Gasteiger partial charge >= 0.3 is 6.18 Å². The van der Waals surface area contributed by atoms with Crippen LogP contribution in [0.5, 0.6) is 5.75 Å². The van der Waals surface area contributed by atoms with E-state index in [9.17, 15) is 28.1 Å². The molecule has 176 valence electrons. The van der Waals surface area contributed by atoms with Crippen molar-refractivity contribution in [2.24, 2.45) is 5.10 Å². The highest BCUT2D eigenvalue weighted by Crippen LogP contribution is 2.33. The van der Waals surface area contributed by atoms with E-state index in [2.05, 4.69) is 10.5 Å². The van der Waals surface area contributed by atoms with Gasteiger partial charge in [-0.1, -0.05) is 29.8 Å². The first kappa shape index (κ1) is 24.7. The van der Waals surface area contributed by atoms with Crippen LogP contribution in [0.2, 0.25) is 5.02 Å². The Bertz CT molecular complexity index is 1200. The quantitative estimate of drug-likeness (QED) is 0.254. The lowest BCUT2D eigenvalue weighted by atomic mass is 10.1. The molecule has 0 aliphatic carbocycles. The summed E-state index contributed by atoms with van der Waals surface area (Å²) in [5.41, 5.74) is 1.68. The van der Waals surface area contributed by atoms with E-state index in [4.69, 9.17) is 16.3 Å². The second-order valence-corrected chi connectivity index (χ2v) is 7.49. The van der Waals surface area contributed by atoms with Gasteiger partial charge in [-0.15, -0.1) is 0 Å². The number of hydrazone groups is 1. The minimum atomic E-state index is -4.73. The van der Waals surface area contributed by atoms with Crippen LogP contribution in [0.25, 0.3) is 0 Å². The largest absolute Gasteiger partial charge is 0.489 e. The van der Waals surface area contributed by atoms with Crippen molar-refractivity contribution in [3.05, 3.63) is 104 Å². The van der Waals surface area contributed by atoms with Gasteiger partial charge in [0.05, 0.1) is 23.1 Å². The van der Waals surface area contributed by atoms with Gasteiger partial charge in [0, 0.05) is 16.7 Å². The van der Waals surface area contributed by atoms with Gasteiger partial charge in [-0.3, -0.25) is 14.9 Å². The SMILES string of the molecule is O=C(Cc1ccc(C(F)(F)F)cc1[N+](=O)[O-])NN=Cc1ccc(OCc2ccc(Cl)cc2)cc1. The van der Waals surface area contributed by atoms with Crippen LogP contribution in [0.3, 0.4) is 0 Å². The van der Waals surface area contributed by atoms with E-state index in [1.807, 2.05) is 12.1 Å². The molecule has 1 amide bonds. The van der Waals surface area contributed by atoms with Crippen molar-refractivity contribution >= 4 is 29.4 Å². The highest BCUT2D eigenvalue weighted by atomic mass is 35.5. The number of hydrogen-bond donors (Lipinski definition) is 1. The van der Waals surface area contributed by atoms with Crippen molar-refractivity contribution < 1.29 is 27.6 Å². The Morgan fingerprint density at radius 2 is 1.76 bits per heavy atom. The molecule has 0 atom stereocenters. The molecule has 0 spiro atoms. The van der Waals surface area contributed by atoms with Gasteiger partial charge in [0.25, 0.3) is 5.69 Å². The van der Waals surface area contributed by atoms with Crippen molar-refractivity contribution in [3.63, 3.8) is 0 Å². The van der Waals surface area contributed by atoms with Crippen LogP contribution in [0.15, 0.2) is 71.8 Å². The van der Waals surface area contributed by atoms with E-state index in [1.54, 1.807) is 36.4 Å². The van der Waals surface area contributed by atoms with Gasteiger partial charge in [-0.05, 0) is 53.6 Å². The van der Waals surface area contributed by atoms with E-state index < -0.39 is 34.7 Å². The number of alkyl halides is 3. The van der Waals surface area contributed by atoms with Crippen molar-refractivity contribution in [1.29, 1.82) is 0 Å². The number of nitro benzene ring substituents is 1. The molecule has 3 rings (SSSR count).